The van der Waals surface area contributed by atoms with E-state index in [4.69, 9.17) is 0 Å². The first-order valence-corrected chi connectivity index (χ1v) is 9.50. The van der Waals surface area contributed by atoms with Gasteiger partial charge in [-0.2, -0.15) is 0 Å². The molecule has 1 aliphatic heterocycles. The van der Waals surface area contributed by atoms with Gasteiger partial charge in [0.05, 0.1) is 4.92 Å². The molecule has 0 bridgehead atoms. The van der Waals surface area contributed by atoms with Crippen LogP contribution in [-0.4, -0.2) is 35.4 Å². The van der Waals surface area contributed by atoms with E-state index in [2.05, 4.69) is 10.3 Å². The SMILES string of the molecule is O=C(NCCc1c[nH]c2ccccc12)c1ccc(N2CCCC2)c([N+](=O)[O-])c1. The summed E-state index contributed by atoms with van der Waals surface area (Å²) in [6.07, 6.45) is 4.71. The van der Waals surface area contributed by atoms with Crippen LogP contribution in [0, 0.1) is 10.1 Å². The lowest BCUT2D eigenvalue weighted by molar-refractivity contribution is -0.384. The minimum absolute atomic E-state index is 0.00817. The lowest BCUT2D eigenvalue weighted by Crippen LogP contribution is -2.26. The Morgan fingerprint density at radius 3 is 2.75 bits per heavy atom. The van der Waals surface area contributed by atoms with Crippen molar-refractivity contribution < 1.29 is 9.72 Å². The average Bonchev–Trinajstić information content (AvgIpc) is 3.38. The number of para-hydroxylation sites is 1. The number of rotatable bonds is 6. The van der Waals surface area contributed by atoms with Gasteiger partial charge in [0.2, 0.25) is 0 Å². The Kier molecular flexibility index (Phi) is 4.97. The van der Waals surface area contributed by atoms with Crippen molar-refractivity contribution in [3.05, 3.63) is 69.9 Å². The predicted octanol–water partition coefficient (Wildman–Crippen LogP) is 3.65. The zero-order valence-electron chi connectivity index (χ0n) is 15.5. The molecule has 0 unspecified atom stereocenters. The van der Waals surface area contributed by atoms with Gasteiger partial charge in [-0.25, -0.2) is 0 Å². The van der Waals surface area contributed by atoms with Gasteiger partial charge in [-0.15, -0.1) is 0 Å². The Bertz CT molecular complexity index is 1020. The van der Waals surface area contributed by atoms with E-state index in [-0.39, 0.29) is 11.6 Å². The number of benzene rings is 2. The number of carbonyl (C=O) groups excluding carboxylic acids is 1. The number of hydrogen-bond acceptors (Lipinski definition) is 4. The second-order valence-electron chi connectivity index (χ2n) is 7.02. The summed E-state index contributed by atoms with van der Waals surface area (Å²) in [5, 5.41) is 15.5. The van der Waals surface area contributed by atoms with E-state index in [0.29, 0.717) is 24.2 Å². The van der Waals surface area contributed by atoms with Gasteiger partial charge in [-0.1, -0.05) is 18.2 Å². The fourth-order valence-corrected chi connectivity index (χ4v) is 3.79. The molecule has 0 spiro atoms. The van der Waals surface area contributed by atoms with Gasteiger partial charge in [0.25, 0.3) is 11.6 Å². The van der Waals surface area contributed by atoms with Gasteiger partial charge in [0, 0.05) is 48.4 Å². The third kappa shape index (κ3) is 3.55. The standard InChI is InChI=1S/C21H22N4O3/c26-21(22-10-9-16-14-23-18-6-2-1-5-17(16)18)15-7-8-19(20(13-15)25(27)28)24-11-3-4-12-24/h1-2,5-8,13-14,23H,3-4,9-12H2,(H,22,26). The summed E-state index contributed by atoms with van der Waals surface area (Å²) >= 11 is 0. The van der Waals surface area contributed by atoms with Gasteiger partial charge in [-0.05, 0) is 43.0 Å². The van der Waals surface area contributed by atoms with Gasteiger partial charge in [-0.3, -0.25) is 14.9 Å². The Hall–Kier alpha value is -3.35. The van der Waals surface area contributed by atoms with Crippen molar-refractivity contribution in [1.82, 2.24) is 10.3 Å². The zero-order valence-corrected chi connectivity index (χ0v) is 15.5. The number of fused-ring (bicyclic) bond motifs is 1. The number of nitro groups is 1. The van der Waals surface area contributed by atoms with Gasteiger partial charge in [0.15, 0.2) is 0 Å². The van der Waals surface area contributed by atoms with Gasteiger partial charge in [0.1, 0.15) is 5.69 Å². The normalized spacial score (nSPS) is 13.8. The number of H-pyrrole nitrogens is 1. The molecule has 1 aromatic heterocycles. The fourth-order valence-electron chi connectivity index (χ4n) is 3.79. The minimum Gasteiger partial charge on any atom is -0.366 e. The molecule has 0 atom stereocenters. The van der Waals surface area contributed by atoms with Crippen LogP contribution in [0.3, 0.4) is 0 Å². The molecule has 0 radical (unpaired) electrons. The van der Waals surface area contributed by atoms with Crippen LogP contribution in [0.2, 0.25) is 0 Å². The summed E-state index contributed by atoms with van der Waals surface area (Å²) < 4.78 is 0. The van der Waals surface area contributed by atoms with E-state index < -0.39 is 4.92 Å². The molecule has 144 valence electrons. The van der Waals surface area contributed by atoms with Crippen LogP contribution < -0.4 is 10.2 Å². The highest BCUT2D eigenvalue weighted by Crippen LogP contribution is 2.31. The molecule has 3 aromatic rings. The van der Waals surface area contributed by atoms with Crippen molar-refractivity contribution in [2.45, 2.75) is 19.3 Å². The number of anilines is 1. The van der Waals surface area contributed by atoms with E-state index in [9.17, 15) is 14.9 Å². The maximum atomic E-state index is 12.5. The lowest BCUT2D eigenvalue weighted by Gasteiger charge is -2.17. The minimum atomic E-state index is -0.406. The van der Waals surface area contributed by atoms with E-state index in [1.165, 1.54) is 6.07 Å². The van der Waals surface area contributed by atoms with Crippen molar-refractivity contribution in [2.75, 3.05) is 24.5 Å². The second-order valence-corrected chi connectivity index (χ2v) is 7.02. The Morgan fingerprint density at radius 1 is 1.18 bits per heavy atom. The highest BCUT2D eigenvalue weighted by molar-refractivity contribution is 5.95. The molecule has 1 aliphatic rings. The predicted molar refractivity (Wildman–Crippen MR) is 109 cm³/mol. The molecular weight excluding hydrogens is 356 g/mol. The molecule has 4 rings (SSSR count). The highest BCUT2D eigenvalue weighted by Gasteiger charge is 2.23. The quantitative estimate of drug-likeness (QED) is 0.506. The maximum Gasteiger partial charge on any atom is 0.293 e. The smallest absolute Gasteiger partial charge is 0.293 e. The first kappa shape index (κ1) is 18.0. The second kappa shape index (κ2) is 7.72. The Morgan fingerprint density at radius 2 is 1.96 bits per heavy atom. The molecule has 2 N–H and O–H groups in total. The number of nitrogens with zero attached hydrogens (tertiary/aromatic N) is 2. The van der Waals surface area contributed by atoms with Crippen molar-refractivity contribution in [3.63, 3.8) is 0 Å². The van der Waals surface area contributed by atoms with Crippen LogP contribution in [0.4, 0.5) is 11.4 Å². The Balaban J connectivity index is 1.44. The molecular formula is C21H22N4O3. The molecule has 1 fully saturated rings. The topological polar surface area (TPSA) is 91.3 Å². The number of aromatic nitrogens is 1. The monoisotopic (exact) mass is 378 g/mol. The molecule has 0 aliphatic carbocycles. The number of amides is 1. The number of nitrogens with one attached hydrogen (secondary N) is 2. The van der Waals surface area contributed by atoms with Crippen molar-refractivity contribution in [1.29, 1.82) is 0 Å². The number of hydrogen-bond donors (Lipinski definition) is 2. The van der Waals surface area contributed by atoms with Crippen LogP contribution in [0.25, 0.3) is 10.9 Å². The molecule has 2 aromatic carbocycles. The zero-order chi connectivity index (χ0) is 19.5. The van der Waals surface area contributed by atoms with Crippen LogP contribution in [0.15, 0.2) is 48.7 Å². The van der Waals surface area contributed by atoms with E-state index in [1.54, 1.807) is 12.1 Å². The van der Waals surface area contributed by atoms with Crippen LogP contribution >= 0.6 is 0 Å². The van der Waals surface area contributed by atoms with Crippen LogP contribution in [0.5, 0.6) is 0 Å². The first-order valence-electron chi connectivity index (χ1n) is 9.50. The van der Waals surface area contributed by atoms with Crippen LogP contribution in [0.1, 0.15) is 28.8 Å². The number of carbonyl (C=O) groups is 1. The number of aromatic amines is 1. The van der Waals surface area contributed by atoms with Crippen LogP contribution in [-0.2, 0) is 6.42 Å². The summed E-state index contributed by atoms with van der Waals surface area (Å²) in [7, 11) is 0. The third-order valence-electron chi connectivity index (χ3n) is 5.24. The van der Waals surface area contributed by atoms with Crippen molar-refractivity contribution in [2.24, 2.45) is 0 Å². The maximum absolute atomic E-state index is 12.5. The first-order chi connectivity index (χ1) is 13.6. The summed E-state index contributed by atoms with van der Waals surface area (Å²) in [6.45, 7) is 2.09. The number of nitro benzene ring substituents is 1. The van der Waals surface area contributed by atoms with Gasteiger partial charge < -0.3 is 15.2 Å². The summed E-state index contributed by atoms with van der Waals surface area (Å²) in [4.78, 5) is 28.8. The average molecular weight is 378 g/mol. The van der Waals surface area contributed by atoms with E-state index >= 15 is 0 Å². The fraction of sp³-hybridized carbons (Fsp3) is 0.286. The molecule has 2 heterocycles. The third-order valence-corrected chi connectivity index (χ3v) is 5.24. The molecule has 28 heavy (non-hydrogen) atoms. The highest BCUT2D eigenvalue weighted by atomic mass is 16.6. The van der Waals surface area contributed by atoms with E-state index in [0.717, 1.165) is 42.4 Å². The summed E-state index contributed by atoms with van der Waals surface area (Å²) in [5.74, 6) is -0.295. The molecule has 7 heteroatoms. The lowest BCUT2D eigenvalue weighted by atomic mass is 10.1. The molecule has 1 amide bonds. The van der Waals surface area contributed by atoms with Crippen molar-refractivity contribution >= 4 is 28.2 Å². The molecule has 7 nitrogen and oxygen atoms in total. The van der Waals surface area contributed by atoms with Gasteiger partial charge >= 0.3 is 0 Å². The van der Waals surface area contributed by atoms with E-state index in [1.807, 2.05) is 35.4 Å². The summed E-state index contributed by atoms with van der Waals surface area (Å²) in [6, 6.07) is 12.8. The molecule has 0 saturated carbocycles. The largest absolute Gasteiger partial charge is 0.366 e. The summed E-state index contributed by atoms with van der Waals surface area (Å²) in [5.41, 5.74) is 3.10. The van der Waals surface area contributed by atoms with Crippen molar-refractivity contribution in [3.8, 4) is 0 Å². The Labute approximate surface area is 162 Å². The molecule has 1 saturated heterocycles.